The van der Waals surface area contributed by atoms with Gasteiger partial charge in [0.25, 0.3) is 5.56 Å². The van der Waals surface area contributed by atoms with Crippen molar-refractivity contribution in [3.63, 3.8) is 0 Å². The van der Waals surface area contributed by atoms with Gasteiger partial charge < -0.3 is 14.4 Å². The topological polar surface area (TPSA) is 73.1 Å². The first-order valence-electron chi connectivity index (χ1n) is 8.21. The van der Waals surface area contributed by atoms with E-state index in [1.165, 1.54) is 18.4 Å². The van der Waals surface area contributed by atoms with Gasteiger partial charge in [-0.25, -0.2) is 4.99 Å². The van der Waals surface area contributed by atoms with Gasteiger partial charge in [-0.3, -0.25) is 14.2 Å². The lowest BCUT2D eigenvalue weighted by molar-refractivity contribution is -0.158. The molecule has 1 aromatic heterocycles. The lowest BCUT2D eigenvalue weighted by Gasteiger charge is -2.44. The fourth-order valence-electron chi connectivity index (χ4n) is 3.66. The van der Waals surface area contributed by atoms with Crippen molar-refractivity contribution in [2.75, 3.05) is 21.2 Å². The van der Waals surface area contributed by atoms with Crippen LogP contribution in [0.5, 0.6) is 5.75 Å². The van der Waals surface area contributed by atoms with Crippen LogP contribution in [0.2, 0.25) is 0 Å². The van der Waals surface area contributed by atoms with E-state index in [4.69, 9.17) is 9.47 Å². The Morgan fingerprint density at radius 3 is 2.85 bits per heavy atom. The van der Waals surface area contributed by atoms with Gasteiger partial charge in [-0.2, -0.15) is 0 Å². The molecule has 1 aromatic carbocycles. The highest BCUT2D eigenvalue weighted by Crippen LogP contribution is 2.47. The molecule has 26 heavy (non-hydrogen) atoms. The number of fused-ring (bicyclic) bond motifs is 6. The quantitative estimate of drug-likeness (QED) is 0.710. The van der Waals surface area contributed by atoms with Crippen LogP contribution in [0.4, 0.5) is 0 Å². The molecule has 7 nitrogen and oxygen atoms in total. The second-order valence-electron chi connectivity index (χ2n) is 6.77. The second kappa shape index (κ2) is 5.70. The maximum atomic E-state index is 13.1. The number of para-hydroxylation sites is 1. The number of methoxy groups -OCH3 is 1. The minimum atomic E-state index is -1.13. The van der Waals surface area contributed by atoms with Gasteiger partial charge in [0, 0.05) is 25.9 Å². The highest BCUT2D eigenvalue weighted by Gasteiger charge is 2.55. The summed E-state index contributed by atoms with van der Waals surface area (Å²) in [7, 11) is 5.05. The van der Waals surface area contributed by atoms with Crippen LogP contribution in [0.25, 0.3) is 6.20 Å². The molecule has 0 saturated heterocycles. The van der Waals surface area contributed by atoms with Gasteiger partial charge in [-0.05, 0) is 13.0 Å². The monoisotopic (exact) mass is 373 g/mol. The maximum absolute atomic E-state index is 13.1. The average Bonchev–Trinajstić information content (AvgIpc) is 2.87. The summed E-state index contributed by atoms with van der Waals surface area (Å²) in [5.74, 6) is -0.558. The van der Waals surface area contributed by atoms with Crippen LogP contribution in [-0.2, 0) is 9.53 Å². The Balaban J connectivity index is 2.08. The van der Waals surface area contributed by atoms with Gasteiger partial charge >= 0.3 is 5.97 Å². The van der Waals surface area contributed by atoms with Crippen LogP contribution in [0.15, 0.2) is 34.1 Å². The number of benzene rings is 1. The van der Waals surface area contributed by atoms with Gasteiger partial charge in [-0.15, -0.1) is 0 Å². The molecule has 4 rings (SSSR count). The number of rotatable bonds is 2. The first-order valence-corrected chi connectivity index (χ1v) is 9.02. The van der Waals surface area contributed by atoms with E-state index in [1.807, 2.05) is 43.3 Å². The minimum absolute atomic E-state index is 0.167. The number of thiazole rings is 1. The Labute approximate surface area is 153 Å². The number of carbonyl (C=O) groups is 1. The molecule has 0 aliphatic carbocycles. The fourth-order valence-corrected chi connectivity index (χ4v) is 4.82. The number of aromatic nitrogens is 1. The molecule has 0 N–H and O–H groups in total. The highest BCUT2D eigenvalue weighted by atomic mass is 32.1. The number of carbonyl (C=O) groups excluding carboxylic acids is 1. The SMILES string of the molecule is COC(=O)[C@H]1[C@H]2c3ccccc3O[C@@]1(C)N=c1sc(=CN(C)C)c(=O)n12. The number of esters is 1. The number of ether oxygens (including phenoxy) is 2. The third-order valence-electron chi connectivity index (χ3n) is 4.71. The molecule has 0 fully saturated rings. The van der Waals surface area contributed by atoms with Crippen molar-refractivity contribution >= 4 is 23.5 Å². The predicted octanol–water partition coefficient (Wildman–Crippen LogP) is 0.330. The van der Waals surface area contributed by atoms with Crippen molar-refractivity contribution in [1.29, 1.82) is 0 Å². The summed E-state index contributed by atoms with van der Waals surface area (Å²) in [5.41, 5.74) is -0.508. The summed E-state index contributed by atoms with van der Waals surface area (Å²) < 4.78 is 13.3. The van der Waals surface area contributed by atoms with Gasteiger partial charge in [-0.1, -0.05) is 29.5 Å². The Hall–Kier alpha value is -2.61. The molecule has 2 aliphatic rings. The Morgan fingerprint density at radius 2 is 2.15 bits per heavy atom. The molecule has 3 heterocycles. The van der Waals surface area contributed by atoms with E-state index in [0.29, 0.717) is 15.1 Å². The van der Waals surface area contributed by atoms with Gasteiger partial charge in [0.2, 0.25) is 5.72 Å². The van der Waals surface area contributed by atoms with Crippen LogP contribution in [0, 0.1) is 5.92 Å². The van der Waals surface area contributed by atoms with Crippen LogP contribution in [0.3, 0.4) is 0 Å². The zero-order chi connectivity index (χ0) is 18.6. The van der Waals surface area contributed by atoms with Crippen LogP contribution in [0.1, 0.15) is 18.5 Å². The summed E-state index contributed by atoms with van der Waals surface area (Å²) in [4.78, 5) is 32.7. The Kier molecular flexibility index (Phi) is 3.69. The third-order valence-corrected chi connectivity index (χ3v) is 5.68. The molecule has 8 heteroatoms. The van der Waals surface area contributed by atoms with E-state index < -0.39 is 23.7 Å². The standard InChI is InChI=1S/C18H19N3O4S/c1-18-13(16(23)24-4)14(10-7-5-6-8-11(10)25-18)21-15(22)12(9-20(2)3)26-17(21)19-18/h5-9,13-14H,1-4H3/t13-,14-,18-/m1/s1. The maximum Gasteiger partial charge on any atom is 0.317 e. The van der Waals surface area contributed by atoms with E-state index in [1.54, 1.807) is 17.7 Å². The molecule has 0 amide bonds. The van der Waals surface area contributed by atoms with Gasteiger partial charge in [0.1, 0.15) is 16.2 Å². The van der Waals surface area contributed by atoms with Crippen molar-refractivity contribution in [3.8, 4) is 5.75 Å². The number of hydrogen-bond acceptors (Lipinski definition) is 7. The van der Waals surface area contributed by atoms with Gasteiger partial charge in [0.15, 0.2) is 4.80 Å². The largest absolute Gasteiger partial charge is 0.469 e. The molecule has 136 valence electrons. The lowest BCUT2D eigenvalue weighted by atomic mass is 9.81. The molecule has 0 spiro atoms. The number of nitrogens with zero attached hydrogens (tertiary/aromatic N) is 3. The van der Waals surface area contributed by atoms with Crippen LogP contribution >= 0.6 is 11.3 Å². The zero-order valence-electron chi connectivity index (χ0n) is 14.9. The normalized spacial score (nSPS) is 26.2. The summed E-state index contributed by atoms with van der Waals surface area (Å²) in [6.07, 6.45) is 1.76. The van der Waals surface area contributed by atoms with Crippen molar-refractivity contribution in [2.24, 2.45) is 10.9 Å². The Bertz CT molecular complexity index is 1070. The molecule has 3 atom stereocenters. The molecule has 2 bridgehead atoms. The Morgan fingerprint density at radius 1 is 1.42 bits per heavy atom. The second-order valence-corrected chi connectivity index (χ2v) is 7.78. The average molecular weight is 373 g/mol. The summed E-state index contributed by atoms with van der Waals surface area (Å²) in [6, 6.07) is 6.93. The zero-order valence-corrected chi connectivity index (χ0v) is 15.7. The molecule has 0 saturated carbocycles. The molecule has 2 aliphatic heterocycles. The van der Waals surface area contributed by atoms with E-state index in [2.05, 4.69) is 4.99 Å². The van der Waals surface area contributed by atoms with E-state index in [0.717, 1.165) is 5.56 Å². The first kappa shape index (κ1) is 16.8. The van der Waals surface area contributed by atoms with Crippen molar-refractivity contribution in [1.82, 2.24) is 9.47 Å². The van der Waals surface area contributed by atoms with Gasteiger partial charge in [0.05, 0.1) is 13.2 Å². The predicted molar refractivity (Wildman–Crippen MR) is 96.6 cm³/mol. The summed E-state index contributed by atoms with van der Waals surface area (Å²) >= 11 is 1.30. The highest BCUT2D eigenvalue weighted by molar-refractivity contribution is 7.06. The molecule has 0 unspecified atom stereocenters. The van der Waals surface area contributed by atoms with Crippen molar-refractivity contribution < 1.29 is 14.3 Å². The first-order chi connectivity index (χ1) is 12.4. The third kappa shape index (κ3) is 2.28. The molecule has 2 aromatic rings. The van der Waals surface area contributed by atoms with Crippen LogP contribution in [-0.4, -0.2) is 42.4 Å². The van der Waals surface area contributed by atoms with Crippen LogP contribution < -0.4 is 19.6 Å². The molecule has 0 radical (unpaired) electrons. The summed E-state index contributed by atoms with van der Waals surface area (Å²) in [5, 5.41) is 0. The van der Waals surface area contributed by atoms with Crippen molar-refractivity contribution in [2.45, 2.75) is 18.7 Å². The summed E-state index contributed by atoms with van der Waals surface area (Å²) in [6.45, 7) is 1.76. The molecular weight excluding hydrogens is 354 g/mol. The van der Waals surface area contributed by atoms with E-state index >= 15 is 0 Å². The van der Waals surface area contributed by atoms with E-state index in [-0.39, 0.29) is 5.56 Å². The minimum Gasteiger partial charge on any atom is -0.469 e. The number of hydrogen-bond donors (Lipinski definition) is 0. The van der Waals surface area contributed by atoms with E-state index in [9.17, 15) is 9.59 Å². The fraction of sp³-hybridized carbons (Fsp3) is 0.389. The smallest absolute Gasteiger partial charge is 0.317 e. The lowest BCUT2D eigenvalue weighted by Crippen LogP contribution is -2.58. The van der Waals surface area contributed by atoms with Crippen molar-refractivity contribution in [3.05, 3.63) is 49.5 Å². The molecular formula is C18H19N3O4S.